The number of aromatic nitrogens is 2. The summed E-state index contributed by atoms with van der Waals surface area (Å²) in [7, 11) is 0. The lowest BCUT2D eigenvalue weighted by Gasteiger charge is -2.23. The molecular formula is C12H21N5O2. The molecule has 0 unspecified atom stereocenters. The van der Waals surface area contributed by atoms with Crippen LogP contribution in [-0.2, 0) is 0 Å². The first kappa shape index (κ1) is 15.1. The molecular weight excluding hydrogens is 246 g/mol. The van der Waals surface area contributed by atoms with Gasteiger partial charge in [0.15, 0.2) is 0 Å². The first-order chi connectivity index (χ1) is 8.80. The Kier molecular flexibility index (Phi) is 4.63. The molecule has 0 aliphatic carbocycles. The molecule has 0 aromatic carbocycles. The number of hydrogen-bond acceptors (Lipinski definition) is 6. The monoisotopic (exact) mass is 267 g/mol. The number of rotatable bonds is 5. The van der Waals surface area contributed by atoms with Crippen molar-refractivity contribution in [3.63, 3.8) is 0 Å². The minimum Gasteiger partial charge on any atom is -0.360 e. The zero-order valence-electron chi connectivity index (χ0n) is 12.1. The summed E-state index contributed by atoms with van der Waals surface area (Å²) in [6, 6.07) is 0. The summed E-state index contributed by atoms with van der Waals surface area (Å²) in [5.41, 5.74) is -0.374. The van der Waals surface area contributed by atoms with E-state index in [1.54, 1.807) is 0 Å². The van der Waals surface area contributed by atoms with Gasteiger partial charge in [0.2, 0.25) is 11.6 Å². The van der Waals surface area contributed by atoms with Gasteiger partial charge in [-0.25, -0.2) is 9.97 Å². The Morgan fingerprint density at radius 3 is 2.32 bits per heavy atom. The van der Waals surface area contributed by atoms with E-state index in [0.717, 1.165) is 0 Å². The third kappa shape index (κ3) is 3.77. The molecule has 106 valence electrons. The minimum absolute atomic E-state index is 0.0684. The summed E-state index contributed by atoms with van der Waals surface area (Å²) in [5.74, 6) is 0.617. The van der Waals surface area contributed by atoms with Gasteiger partial charge in [-0.1, -0.05) is 0 Å². The van der Waals surface area contributed by atoms with E-state index in [2.05, 4.69) is 15.3 Å². The lowest BCUT2D eigenvalue weighted by molar-refractivity contribution is -0.383. The lowest BCUT2D eigenvalue weighted by Crippen LogP contribution is -2.29. The van der Waals surface area contributed by atoms with E-state index in [-0.39, 0.29) is 17.0 Å². The molecule has 1 rings (SSSR count). The summed E-state index contributed by atoms with van der Waals surface area (Å²) in [5, 5.41) is 14.4. The highest BCUT2D eigenvalue weighted by atomic mass is 16.6. The second-order valence-corrected chi connectivity index (χ2v) is 5.20. The molecule has 1 aromatic rings. The summed E-state index contributed by atoms with van der Waals surface area (Å²) in [6.45, 7) is 11.0. The van der Waals surface area contributed by atoms with E-state index in [1.165, 1.54) is 6.33 Å². The van der Waals surface area contributed by atoms with Gasteiger partial charge in [0.25, 0.3) is 0 Å². The van der Waals surface area contributed by atoms with Crippen molar-refractivity contribution < 1.29 is 4.92 Å². The Bertz CT molecular complexity index is 452. The van der Waals surface area contributed by atoms with Crippen molar-refractivity contribution in [3.8, 4) is 0 Å². The second kappa shape index (κ2) is 5.81. The van der Waals surface area contributed by atoms with E-state index >= 15 is 0 Å². The molecule has 1 aromatic heterocycles. The Morgan fingerprint density at radius 2 is 1.89 bits per heavy atom. The fourth-order valence-corrected chi connectivity index (χ4v) is 1.74. The third-order valence-corrected chi connectivity index (χ3v) is 2.54. The molecule has 0 aliphatic heterocycles. The smallest absolute Gasteiger partial charge is 0.353 e. The number of anilines is 2. The molecule has 0 fully saturated rings. The maximum atomic E-state index is 11.3. The number of nitrogens with one attached hydrogen (secondary N) is 1. The van der Waals surface area contributed by atoms with Gasteiger partial charge in [0, 0.05) is 18.6 Å². The van der Waals surface area contributed by atoms with Crippen molar-refractivity contribution in [3.05, 3.63) is 16.4 Å². The molecule has 19 heavy (non-hydrogen) atoms. The fraction of sp³-hybridized carbons (Fsp3) is 0.667. The van der Waals surface area contributed by atoms with Crippen LogP contribution < -0.4 is 10.2 Å². The van der Waals surface area contributed by atoms with Crippen LogP contribution in [0.5, 0.6) is 0 Å². The van der Waals surface area contributed by atoms with Gasteiger partial charge < -0.3 is 10.2 Å². The number of hydrogen-bond donors (Lipinski definition) is 1. The van der Waals surface area contributed by atoms with E-state index in [4.69, 9.17) is 0 Å². The molecule has 0 aliphatic rings. The molecule has 0 saturated heterocycles. The molecule has 0 spiro atoms. The van der Waals surface area contributed by atoms with E-state index < -0.39 is 4.92 Å². The highest BCUT2D eigenvalue weighted by molar-refractivity contribution is 5.70. The van der Waals surface area contributed by atoms with Crippen LogP contribution in [0.3, 0.4) is 0 Å². The van der Waals surface area contributed by atoms with Crippen molar-refractivity contribution in [1.82, 2.24) is 9.97 Å². The average Bonchev–Trinajstić information content (AvgIpc) is 2.28. The molecule has 0 atom stereocenters. The normalized spacial score (nSPS) is 11.2. The summed E-state index contributed by atoms with van der Waals surface area (Å²) in [4.78, 5) is 20.8. The maximum absolute atomic E-state index is 11.3. The fourth-order valence-electron chi connectivity index (χ4n) is 1.74. The Balaban J connectivity index is 3.33. The summed E-state index contributed by atoms with van der Waals surface area (Å²) in [6.07, 6.45) is 1.36. The molecule has 1 heterocycles. The largest absolute Gasteiger partial charge is 0.360 e. The predicted molar refractivity (Wildman–Crippen MR) is 75.6 cm³/mol. The summed E-state index contributed by atoms with van der Waals surface area (Å²) >= 11 is 0. The minimum atomic E-state index is -0.429. The number of nitrogens with zero attached hydrogens (tertiary/aromatic N) is 4. The average molecular weight is 267 g/mol. The zero-order chi connectivity index (χ0) is 14.6. The van der Waals surface area contributed by atoms with Crippen molar-refractivity contribution >= 4 is 17.3 Å². The highest BCUT2D eigenvalue weighted by Gasteiger charge is 2.27. The van der Waals surface area contributed by atoms with Crippen molar-refractivity contribution in [2.45, 2.75) is 40.2 Å². The molecule has 0 amide bonds. The molecule has 7 heteroatoms. The van der Waals surface area contributed by atoms with Crippen LogP contribution in [0.4, 0.5) is 17.3 Å². The topological polar surface area (TPSA) is 84.2 Å². The van der Waals surface area contributed by atoms with Gasteiger partial charge in [-0.05, 0) is 34.6 Å². The number of nitro groups is 1. The van der Waals surface area contributed by atoms with Crippen LogP contribution in [0.2, 0.25) is 0 Å². The zero-order valence-corrected chi connectivity index (χ0v) is 12.1. The van der Waals surface area contributed by atoms with Crippen LogP contribution in [-0.4, -0.2) is 33.5 Å². The summed E-state index contributed by atoms with van der Waals surface area (Å²) < 4.78 is 0. The lowest BCUT2D eigenvalue weighted by atomic mass is 10.1. The standard InChI is InChI=1S/C12H21N5O2/c1-6-16(7-2)11-9(17(18)19)10(13-8-14-11)15-12(3,4)5/h8H,6-7H2,1-5H3,(H,13,14,15). The van der Waals surface area contributed by atoms with Crippen LogP contribution in [0, 0.1) is 10.1 Å². The first-order valence-electron chi connectivity index (χ1n) is 6.32. The van der Waals surface area contributed by atoms with Crippen molar-refractivity contribution in [2.24, 2.45) is 0 Å². The van der Waals surface area contributed by atoms with E-state index in [0.29, 0.717) is 18.9 Å². The Morgan fingerprint density at radius 1 is 1.32 bits per heavy atom. The van der Waals surface area contributed by atoms with Gasteiger partial charge in [0.05, 0.1) is 4.92 Å². The molecule has 7 nitrogen and oxygen atoms in total. The van der Waals surface area contributed by atoms with Crippen molar-refractivity contribution in [2.75, 3.05) is 23.3 Å². The van der Waals surface area contributed by atoms with Gasteiger partial charge in [-0.2, -0.15) is 0 Å². The first-order valence-corrected chi connectivity index (χ1v) is 6.32. The molecule has 0 radical (unpaired) electrons. The van der Waals surface area contributed by atoms with Gasteiger partial charge >= 0.3 is 5.69 Å². The van der Waals surface area contributed by atoms with Gasteiger partial charge in [-0.15, -0.1) is 0 Å². The third-order valence-electron chi connectivity index (χ3n) is 2.54. The van der Waals surface area contributed by atoms with Crippen LogP contribution in [0.25, 0.3) is 0 Å². The SMILES string of the molecule is CCN(CC)c1ncnc(NC(C)(C)C)c1[N+](=O)[O-]. The Labute approximate surface area is 113 Å². The van der Waals surface area contributed by atoms with Gasteiger partial charge in [0.1, 0.15) is 6.33 Å². The quantitative estimate of drug-likeness (QED) is 0.651. The van der Waals surface area contributed by atoms with Crippen molar-refractivity contribution in [1.29, 1.82) is 0 Å². The van der Waals surface area contributed by atoms with Crippen LogP contribution >= 0.6 is 0 Å². The van der Waals surface area contributed by atoms with E-state index in [1.807, 2.05) is 39.5 Å². The maximum Gasteiger partial charge on any atom is 0.353 e. The molecule has 1 N–H and O–H groups in total. The molecule has 0 bridgehead atoms. The Hall–Kier alpha value is -1.92. The molecule has 0 saturated carbocycles. The van der Waals surface area contributed by atoms with Crippen LogP contribution in [0.1, 0.15) is 34.6 Å². The van der Waals surface area contributed by atoms with Gasteiger partial charge in [-0.3, -0.25) is 10.1 Å². The van der Waals surface area contributed by atoms with E-state index in [9.17, 15) is 10.1 Å². The highest BCUT2D eigenvalue weighted by Crippen LogP contribution is 2.32. The predicted octanol–water partition coefficient (Wildman–Crippen LogP) is 2.44. The van der Waals surface area contributed by atoms with Crippen LogP contribution in [0.15, 0.2) is 6.33 Å². The second-order valence-electron chi connectivity index (χ2n) is 5.20.